The minimum Gasteiger partial charge on any atom is -0.474 e. The van der Waals surface area contributed by atoms with Crippen LogP contribution in [0.1, 0.15) is 18.4 Å². The van der Waals surface area contributed by atoms with E-state index in [0.717, 1.165) is 6.20 Å². The molecule has 1 aromatic heterocycles. The highest BCUT2D eigenvalue weighted by Gasteiger charge is 2.39. The van der Waals surface area contributed by atoms with Crippen LogP contribution >= 0.6 is 11.8 Å². The SMILES string of the molecule is CO[C@H]1C[C@H](Oc2nc(SC)ncc2C(F)(F)F)C1. The van der Waals surface area contributed by atoms with Crippen molar-refractivity contribution in [3.05, 3.63) is 11.8 Å². The Morgan fingerprint density at radius 3 is 2.53 bits per heavy atom. The summed E-state index contributed by atoms with van der Waals surface area (Å²) >= 11 is 1.17. The lowest BCUT2D eigenvalue weighted by molar-refractivity contribution is -0.141. The molecule has 8 heteroatoms. The number of methoxy groups -OCH3 is 1. The molecular weight excluding hydrogens is 281 g/mol. The van der Waals surface area contributed by atoms with Crippen LogP contribution in [0.15, 0.2) is 11.4 Å². The van der Waals surface area contributed by atoms with Crippen LogP contribution in [0.25, 0.3) is 0 Å². The van der Waals surface area contributed by atoms with Crippen molar-refractivity contribution >= 4 is 11.8 Å². The lowest BCUT2D eigenvalue weighted by Gasteiger charge is -2.34. The van der Waals surface area contributed by atoms with Crippen LogP contribution < -0.4 is 4.74 Å². The topological polar surface area (TPSA) is 44.2 Å². The van der Waals surface area contributed by atoms with Gasteiger partial charge in [0.1, 0.15) is 11.7 Å². The Morgan fingerprint density at radius 1 is 1.32 bits per heavy atom. The molecule has 1 aromatic rings. The lowest BCUT2D eigenvalue weighted by Crippen LogP contribution is -2.39. The number of rotatable bonds is 4. The van der Waals surface area contributed by atoms with Crippen molar-refractivity contribution < 1.29 is 22.6 Å². The summed E-state index contributed by atoms with van der Waals surface area (Å²) in [7, 11) is 1.57. The molecule has 1 saturated carbocycles. The fraction of sp³-hybridized carbons (Fsp3) is 0.636. The zero-order chi connectivity index (χ0) is 14.0. The van der Waals surface area contributed by atoms with Gasteiger partial charge in [-0.2, -0.15) is 18.2 Å². The van der Waals surface area contributed by atoms with Gasteiger partial charge in [-0.05, 0) is 6.26 Å². The average molecular weight is 294 g/mol. The molecule has 4 nitrogen and oxygen atoms in total. The van der Waals surface area contributed by atoms with E-state index in [0.29, 0.717) is 12.8 Å². The fourth-order valence-corrected chi connectivity index (χ4v) is 2.03. The van der Waals surface area contributed by atoms with Gasteiger partial charge in [0.2, 0.25) is 5.88 Å². The van der Waals surface area contributed by atoms with Crippen molar-refractivity contribution in [3.8, 4) is 5.88 Å². The summed E-state index contributed by atoms with van der Waals surface area (Å²) in [5.74, 6) is -0.397. The van der Waals surface area contributed by atoms with Crippen LogP contribution in [0, 0.1) is 0 Å². The molecule has 0 atom stereocenters. The summed E-state index contributed by atoms with van der Waals surface area (Å²) in [5, 5.41) is 0.255. The van der Waals surface area contributed by atoms with Crippen LogP contribution in [-0.2, 0) is 10.9 Å². The third-order valence-electron chi connectivity index (χ3n) is 2.88. The number of thioether (sulfide) groups is 1. The monoisotopic (exact) mass is 294 g/mol. The Hall–Kier alpha value is -1.02. The number of ether oxygens (including phenoxy) is 2. The molecule has 0 saturated heterocycles. The van der Waals surface area contributed by atoms with Gasteiger partial charge >= 0.3 is 6.18 Å². The van der Waals surface area contributed by atoms with Gasteiger partial charge in [0, 0.05) is 26.1 Å². The summed E-state index contributed by atoms with van der Waals surface area (Å²) < 4.78 is 48.8. The van der Waals surface area contributed by atoms with E-state index in [9.17, 15) is 13.2 Å². The zero-order valence-corrected chi connectivity index (χ0v) is 11.2. The number of hydrogen-bond acceptors (Lipinski definition) is 5. The summed E-state index contributed by atoms with van der Waals surface area (Å²) in [6.07, 6.45) is -1.14. The van der Waals surface area contributed by atoms with Crippen LogP contribution in [0.3, 0.4) is 0 Å². The van der Waals surface area contributed by atoms with E-state index in [-0.39, 0.29) is 17.4 Å². The smallest absolute Gasteiger partial charge is 0.423 e. The Bertz CT molecular complexity index is 450. The van der Waals surface area contributed by atoms with Gasteiger partial charge in [0.15, 0.2) is 5.16 Å². The fourth-order valence-electron chi connectivity index (χ4n) is 1.70. The van der Waals surface area contributed by atoms with Crippen LogP contribution in [-0.4, -0.2) is 35.5 Å². The number of aromatic nitrogens is 2. The maximum Gasteiger partial charge on any atom is 0.423 e. The standard InChI is InChI=1S/C11H13F3N2O2S/c1-17-6-3-7(4-6)18-9-8(11(12,13)14)5-15-10(16-9)19-2/h5-7H,3-4H2,1-2H3/t6-,7-. The molecule has 0 aliphatic heterocycles. The largest absolute Gasteiger partial charge is 0.474 e. The highest BCUT2D eigenvalue weighted by molar-refractivity contribution is 7.98. The number of hydrogen-bond donors (Lipinski definition) is 0. The number of nitrogens with zero attached hydrogens (tertiary/aromatic N) is 2. The first-order valence-corrected chi connectivity index (χ1v) is 6.84. The Kier molecular flexibility index (Phi) is 4.19. The van der Waals surface area contributed by atoms with E-state index in [4.69, 9.17) is 9.47 Å². The molecule has 2 rings (SSSR count). The minimum absolute atomic E-state index is 0.0567. The number of halogens is 3. The first kappa shape index (κ1) is 14.4. The van der Waals surface area contributed by atoms with Crippen molar-refractivity contribution in [1.29, 1.82) is 0 Å². The second kappa shape index (κ2) is 5.54. The van der Waals surface area contributed by atoms with Crippen molar-refractivity contribution in [3.63, 3.8) is 0 Å². The third kappa shape index (κ3) is 3.30. The quantitative estimate of drug-likeness (QED) is 0.631. The van der Waals surface area contributed by atoms with Crippen LogP contribution in [0.4, 0.5) is 13.2 Å². The third-order valence-corrected chi connectivity index (χ3v) is 3.44. The average Bonchev–Trinajstić information content (AvgIpc) is 2.31. The normalized spacial score (nSPS) is 23.0. The molecular formula is C11H13F3N2O2S. The highest BCUT2D eigenvalue weighted by Crippen LogP contribution is 2.37. The molecule has 1 heterocycles. The predicted molar refractivity (Wildman–Crippen MR) is 63.3 cm³/mol. The van der Waals surface area contributed by atoms with Crippen molar-refractivity contribution in [2.75, 3.05) is 13.4 Å². The van der Waals surface area contributed by atoms with E-state index in [1.54, 1.807) is 13.4 Å². The van der Waals surface area contributed by atoms with Gasteiger partial charge in [-0.3, -0.25) is 0 Å². The maximum absolute atomic E-state index is 12.8. The molecule has 1 aliphatic rings. The van der Waals surface area contributed by atoms with E-state index < -0.39 is 17.6 Å². The Balaban J connectivity index is 2.17. The second-order valence-corrected chi connectivity index (χ2v) is 4.92. The van der Waals surface area contributed by atoms with Gasteiger partial charge in [0.05, 0.1) is 6.10 Å². The molecule has 0 radical (unpaired) electrons. The highest BCUT2D eigenvalue weighted by atomic mass is 32.2. The first-order valence-electron chi connectivity index (χ1n) is 5.61. The molecule has 0 spiro atoms. The number of alkyl halides is 3. The van der Waals surface area contributed by atoms with Gasteiger partial charge in [0.25, 0.3) is 0 Å². The molecule has 0 bridgehead atoms. The predicted octanol–water partition coefficient (Wildman–Crippen LogP) is 2.77. The summed E-state index contributed by atoms with van der Waals surface area (Å²) in [5.41, 5.74) is -0.939. The lowest BCUT2D eigenvalue weighted by atomic mass is 9.92. The molecule has 0 unspecified atom stereocenters. The van der Waals surface area contributed by atoms with E-state index in [2.05, 4.69) is 9.97 Å². The Morgan fingerprint density at radius 2 is 2.00 bits per heavy atom. The van der Waals surface area contributed by atoms with Crippen LogP contribution in [0.2, 0.25) is 0 Å². The van der Waals surface area contributed by atoms with Crippen molar-refractivity contribution in [2.45, 2.75) is 36.4 Å². The van der Waals surface area contributed by atoms with E-state index >= 15 is 0 Å². The Labute approximate surface area is 112 Å². The minimum atomic E-state index is -4.52. The zero-order valence-electron chi connectivity index (χ0n) is 10.4. The maximum atomic E-state index is 12.8. The summed E-state index contributed by atoms with van der Waals surface area (Å²) in [6, 6.07) is 0. The summed E-state index contributed by atoms with van der Waals surface area (Å²) in [4.78, 5) is 7.43. The summed E-state index contributed by atoms with van der Waals surface area (Å²) in [6.45, 7) is 0. The first-order chi connectivity index (χ1) is 8.94. The van der Waals surface area contributed by atoms with Gasteiger partial charge in [-0.15, -0.1) is 0 Å². The second-order valence-electron chi connectivity index (χ2n) is 4.14. The molecule has 19 heavy (non-hydrogen) atoms. The van der Waals surface area contributed by atoms with Crippen molar-refractivity contribution in [1.82, 2.24) is 9.97 Å². The van der Waals surface area contributed by atoms with Crippen LogP contribution in [0.5, 0.6) is 5.88 Å². The van der Waals surface area contributed by atoms with Gasteiger partial charge in [-0.1, -0.05) is 11.8 Å². The molecule has 0 aromatic carbocycles. The molecule has 1 aliphatic carbocycles. The molecule has 0 N–H and O–H groups in total. The molecule has 0 amide bonds. The van der Waals surface area contributed by atoms with E-state index in [1.165, 1.54) is 11.8 Å². The van der Waals surface area contributed by atoms with E-state index in [1.807, 2.05) is 0 Å². The van der Waals surface area contributed by atoms with Crippen molar-refractivity contribution in [2.24, 2.45) is 0 Å². The van der Waals surface area contributed by atoms with Gasteiger partial charge in [-0.25, -0.2) is 4.98 Å². The van der Waals surface area contributed by atoms with Gasteiger partial charge < -0.3 is 9.47 Å². The molecule has 106 valence electrons. The molecule has 1 fully saturated rings.